The lowest BCUT2D eigenvalue weighted by Gasteiger charge is -2.07. The number of amides is 1. The van der Waals surface area contributed by atoms with Crippen LogP contribution in [-0.4, -0.2) is 46.3 Å². The van der Waals surface area contributed by atoms with Gasteiger partial charge in [-0.2, -0.15) is 0 Å². The molecule has 1 saturated heterocycles. The minimum atomic E-state index is -1.01. The number of methoxy groups -OCH3 is 1. The van der Waals surface area contributed by atoms with Gasteiger partial charge in [-0.25, -0.2) is 9.79 Å². The molecule has 0 atom stereocenters. The molecule has 0 radical (unpaired) electrons. The van der Waals surface area contributed by atoms with Gasteiger partial charge in [0.15, 0.2) is 16.7 Å². The molecule has 0 saturated carbocycles. The highest BCUT2D eigenvalue weighted by atomic mass is 32.2. The average molecular weight is 384 g/mol. The highest BCUT2D eigenvalue weighted by Crippen LogP contribution is 2.36. The van der Waals surface area contributed by atoms with Crippen molar-refractivity contribution < 1.29 is 24.5 Å². The van der Waals surface area contributed by atoms with Crippen LogP contribution in [-0.2, 0) is 4.79 Å². The molecule has 3 rings (SSSR count). The van der Waals surface area contributed by atoms with Gasteiger partial charge in [0.1, 0.15) is 0 Å². The SMILES string of the molecule is COc1cccc(/C=C2/SC(=Nc3ccc(C(=O)O)cc3)N(C)C2=O)c1O. The van der Waals surface area contributed by atoms with E-state index in [-0.39, 0.29) is 17.2 Å². The first kappa shape index (κ1) is 18.5. The van der Waals surface area contributed by atoms with E-state index >= 15 is 0 Å². The Bertz CT molecular complexity index is 967. The minimum Gasteiger partial charge on any atom is -0.504 e. The number of hydrogen-bond acceptors (Lipinski definition) is 6. The van der Waals surface area contributed by atoms with Gasteiger partial charge in [0.25, 0.3) is 5.91 Å². The number of aromatic hydroxyl groups is 1. The van der Waals surface area contributed by atoms with Crippen LogP contribution in [0.2, 0.25) is 0 Å². The van der Waals surface area contributed by atoms with Crippen LogP contribution in [0.15, 0.2) is 52.4 Å². The largest absolute Gasteiger partial charge is 0.504 e. The third-order valence-electron chi connectivity index (χ3n) is 3.88. The average Bonchev–Trinajstić information content (AvgIpc) is 2.92. The van der Waals surface area contributed by atoms with Crippen LogP contribution in [0.4, 0.5) is 5.69 Å². The fourth-order valence-corrected chi connectivity index (χ4v) is 3.38. The summed E-state index contributed by atoms with van der Waals surface area (Å²) in [6.45, 7) is 0. The quantitative estimate of drug-likeness (QED) is 0.785. The number of ether oxygens (including phenoxy) is 1. The Hall–Kier alpha value is -3.26. The Kier molecular flexibility index (Phi) is 5.18. The zero-order chi connectivity index (χ0) is 19.6. The molecule has 1 amide bonds. The number of amidine groups is 1. The molecule has 0 aromatic heterocycles. The van der Waals surface area contributed by atoms with Crippen molar-refractivity contribution in [2.24, 2.45) is 4.99 Å². The van der Waals surface area contributed by atoms with Gasteiger partial charge in [0.2, 0.25) is 0 Å². The number of para-hydroxylation sites is 1. The summed E-state index contributed by atoms with van der Waals surface area (Å²) in [6, 6.07) is 11.1. The minimum absolute atomic E-state index is 0.0433. The molecule has 2 aromatic rings. The number of phenols is 1. The third-order valence-corrected chi connectivity index (χ3v) is 4.94. The lowest BCUT2D eigenvalue weighted by molar-refractivity contribution is -0.121. The van der Waals surface area contributed by atoms with E-state index in [9.17, 15) is 14.7 Å². The first-order valence-corrected chi connectivity index (χ1v) is 8.68. The summed E-state index contributed by atoms with van der Waals surface area (Å²) in [7, 11) is 3.06. The third kappa shape index (κ3) is 3.80. The van der Waals surface area contributed by atoms with Crippen molar-refractivity contribution in [3.8, 4) is 11.5 Å². The molecule has 1 aliphatic heterocycles. The number of phenolic OH excluding ortho intramolecular Hbond substituents is 1. The predicted molar refractivity (Wildman–Crippen MR) is 103 cm³/mol. The van der Waals surface area contributed by atoms with Crippen molar-refractivity contribution >= 4 is 40.6 Å². The standard InChI is InChI=1S/C19H16N2O5S/c1-21-17(23)15(10-12-4-3-5-14(26-2)16(12)22)27-19(21)20-13-8-6-11(7-9-13)18(24)25/h3-10,22H,1-2H3,(H,24,25)/b15-10+,20-19?. The summed E-state index contributed by atoms with van der Waals surface area (Å²) < 4.78 is 5.08. The van der Waals surface area contributed by atoms with E-state index in [1.54, 1.807) is 43.5 Å². The Morgan fingerprint density at radius 2 is 1.93 bits per heavy atom. The van der Waals surface area contributed by atoms with Crippen molar-refractivity contribution in [3.63, 3.8) is 0 Å². The number of rotatable bonds is 4. The number of likely N-dealkylation sites (N-methyl/N-ethyl adjacent to an activating group) is 1. The van der Waals surface area contributed by atoms with E-state index in [4.69, 9.17) is 9.84 Å². The molecule has 1 aliphatic rings. The smallest absolute Gasteiger partial charge is 0.335 e. The molecule has 2 N–H and O–H groups in total. The van der Waals surface area contributed by atoms with Crippen LogP contribution in [0.25, 0.3) is 6.08 Å². The molecule has 138 valence electrons. The van der Waals surface area contributed by atoms with Gasteiger partial charge in [-0.1, -0.05) is 12.1 Å². The number of carboxylic acids is 1. The highest BCUT2D eigenvalue weighted by Gasteiger charge is 2.30. The Balaban J connectivity index is 1.89. The highest BCUT2D eigenvalue weighted by molar-refractivity contribution is 8.18. The molecule has 8 heteroatoms. The fourth-order valence-electron chi connectivity index (χ4n) is 2.40. The zero-order valence-electron chi connectivity index (χ0n) is 14.5. The summed E-state index contributed by atoms with van der Waals surface area (Å²) in [4.78, 5) is 29.6. The van der Waals surface area contributed by atoms with Crippen LogP contribution < -0.4 is 4.74 Å². The van der Waals surface area contributed by atoms with E-state index in [0.717, 1.165) is 0 Å². The van der Waals surface area contributed by atoms with Crippen LogP contribution in [0.5, 0.6) is 11.5 Å². The molecular weight excluding hydrogens is 368 g/mol. The summed E-state index contributed by atoms with van der Waals surface area (Å²) in [6.07, 6.45) is 1.58. The van der Waals surface area contributed by atoms with Gasteiger partial charge in [-0.15, -0.1) is 0 Å². The number of carbonyl (C=O) groups is 2. The second kappa shape index (κ2) is 7.55. The second-order valence-corrected chi connectivity index (χ2v) is 6.63. The molecule has 0 spiro atoms. The molecule has 27 heavy (non-hydrogen) atoms. The monoisotopic (exact) mass is 384 g/mol. The molecule has 0 unspecified atom stereocenters. The molecule has 2 aromatic carbocycles. The Morgan fingerprint density at radius 1 is 1.22 bits per heavy atom. The maximum atomic E-state index is 12.5. The first-order valence-electron chi connectivity index (χ1n) is 7.86. The number of carboxylic acid groups (broad SMARTS) is 1. The topological polar surface area (TPSA) is 99.4 Å². The zero-order valence-corrected chi connectivity index (χ0v) is 15.4. The number of hydrogen-bond donors (Lipinski definition) is 2. The number of thioether (sulfide) groups is 1. The van der Waals surface area contributed by atoms with Crippen molar-refractivity contribution in [2.75, 3.05) is 14.2 Å². The van der Waals surface area contributed by atoms with Crippen molar-refractivity contribution in [1.29, 1.82) is 0 Å². The van der Waals surface area contributed by atoms with Gasteiger partial charge < -0.3 is 14.9 Å². The Labute approximate surface area is 159 Å². The van der Waals surface area contributed by atoms with Crippen LogP contribution >= 0.6 is 11.8 Å². The first-order chi connectivity index (χ1) is 12.9. The maximum Gasteiger partial charge on any atom is 0.335 e. The van der Waals surface area contributed by atoms with Gasteiger partial charge >= 0.3 is 5.97 Å². The van der Waals surface area contributed by atoms with Gasteiger partial charge in [0.05, 0.1) is 23.3 Å². The fraction of sp³-hybridized carbons (Fsp3) is 0.105. The maximum absolute atomic E-state index is 12.5. The molecule has 0 bridgehead atoms. The number of carbonyl (C=O) groups excluding carboxylic acids is 1. The van der Waals surface area contributed by atoms with Crippen LogP contribution in [0.1, 0.15) is 15.9 Å². The summed E-state index contributed by atoms with van der Waals surface area (Å²) in [5.41, 5.74) is 1.16. The van der Waals surface area contributed by atoms with E-state index in [1.807, 2.05) is 0 Å². The van der Waals surface area contributed by atoms with E-state index < -0.39 is 5.97 Å². The number of aliphatic imine (C=N–C) groups is 1. The van der Waals surface area contributed by atoms with Crippen LogP contribution in [0.3, 0.4) is 0 Å². The Morgan fingerprint density at radius 3 is 2.56 bits per heavy atom. The van der Waals surface area contributed by atoms with E-state index in [0.29, 0.717) is 27.1 Å². The lowest BCUT2D eigenvalue weighted by atomic mass is 10.1. The molecule has 0 aliphatic carbocycles. The number of benzene rings is 2. The van der Waals surface area contributed by atoms with Gasteiger partial charge in [-0.3, -0.25) is 9.69 Å². The van der Waals surface area contributed by atoms with Crippen molar-refractivity contribution in [1.82, 2.24) is 4.90 Å². The lowest BCUT2D eigenvalue weighted by Crippen LogP contribution is -2.23. The molecule has 1 heterocycles. The summed E-state index contributed by atoms with van der Waals surface area (Å²) in [5.74, 6) is -0.984. The van der Waals surface area contributed by atoms with Crippen molar-refractivity contribution in [3.05, 3.63) is 58.5 Å². The predicted octanol–water partition coefficient (Wildman–Crippen LogP) is 3.33. The van der Waals surface area contributed by atoms with E-state index in [2.05, 4.69) is 4.99 Å². The summed E-state index contributed by atoms with van der Waals surface area (Å²) >= 11 is 1.17. The second-order valence-electron chi connectivity index (χ2n) is 5.62. The van der Waals surface area contributed by atoms with E-state index in [1.165, 1.54) is 35.9 Å². The summed E-state index contributed by atoms with van der Waals surface area (Å²) in [5, 5.41) is 19.6. The van der Waals surface area contributed by atoms with Crippen molar-refractivity contribution in [2.45, 2.75) is 0 Å². The normalized spacial score (nSPS) is 17.0. The molecule has 7 nitrogen and oxygen atoms in total. The van der Waals surface area contributed by atoms with Gasteiger partial charge in [0, 0.05) is 12.6 Å². The van der Waals surface area contributed by atoms with Gasteiger partial charge in [-0.05, 0) is 48.2 Å². The number of aromatic carboxylic acids is 1. The number of nitrogens with zero attached hydrogens (tertiary/aromatic N) is 2. The molecule has 1 fully saturated rings. The molecular formula is C19H16N2O5S. The van der Waals surface area contributed by atoms with Crippen LogP contribution in [0, 0.1) is 0 Å².